The average Bonchev–Trinajstić information content (AvgIpc) is 2.62. The smallest absolute Gasteiger partial charge is 0.113 e. The van der Waals surface area contributed by atoms with Crippen molar-refractivity contribution in [2.45, 2.75) is 26.3 Å². The van der Waals surface area contributed by atoms with Crippen molar-refractivity contribution in [1.82, 2.24) is 15.0 Å². The molecule has 0 aliphatic rings. The highest BCUT2D eigenvalue weighted by atomic mass is 15.4. The van der Waals surface area contributed by atoms with Crippen molar-refractivity contribution in [1.29, 1.82) is 0 Å². The third-order valence-corrected chi connectivity index (χ3v) is 2.48. The number of nitrogens with zero attached hydrogens (tertiary/aromatic N) is 3. The molecule has 4 nitrogen and oxygen atoms in total. The van der Waals surface area contributed by atoms with Crippen molar-refractivity contribution in [2.24, 2.45) is 5.73 Å². The highest BCUT2D eigenvalue weighted by Gasteiger charge is 2.10. The second-order valence-corrected chi connectivity index (χ2v) is 3.95. The fraction of sp³-hybridized carbons (Fsp3) is 0.455. The standard InChI is InChI=1S/C11H16N4/c1-8(2)15-11-9(6-7-12)4-3-5-10(11)13-14-15/h3-5,8H,6-7,12H2,1-2H3. The van der Waals surface area contributed by atoms with E-state index in [4.69, 9.17) is 5.73 Å². The van der Waals surface area contributed by atoms with Gasteiger partial charge < -0.3 is 5.73 Å². The van der Waals surface area contributed by atoms with Crippen LogP contribution in [-0.4, -0.2) is 21.5 Å². The van der Waals surface area contributed by atoms with Gasteiger partial charge in [0, 0.05) is 6.04 Å². The number of aromatic nitrogens is 3. The Hall–Kier alpha value is -1.42. The predicted molar refractivity (Wildman–Crippen MR) is 60.7 cm³/mol. The van der Waals surface area contributed by atoms with Gasteiger partial charge in [0.1, 0.15) is 5.52 Å². The fourth-order valence-corrected chi connectivity index (χ4v) is 1.78. The van der Waals surface area contributed by atoms with E-state index < -0.39 is 0 Å². The number of hydrogen-bond acceptors (Lipinski definition) is 3. The van der Waals surface area contributed by atoms with Crippen molar-refractivity contribution in [3.8, 4) is 0 Å². The van der Waals surface area contributed by atoms with E-state index in [1.165, 1.54) is 5.56 Å². The van der Waals surface area contributed by atoms with Crippen LogP contribution >= 0.6 is 0 Å². The first-order valence-corrected chi connectivity index (χ1v) is 5.27. The molecule has 0 fully saturated rings. The van der Waals surface area contributed by atoms with Gasteiger partial charge in [-0.3, -0.25) is 0 Å². The second-order valence-electron chi connectivity index (χ2n) is 3.95. The monoisotopic (exact) mass is 204 g/mol. The van der Waals surface area contributed by atoms with Gasteiger partial charge in [-0.05, 0) is 38.4 Å². The summed E-state index contributed by atoms with van der Waals surface area (Å²) in [6.45, 7) is 4.86. The van der Waals surface area contributed by atoms with Crippen molar-refractivity contribution < 1.29 is 0 Å². The van der Waals surface area contributed by atoms with Crippen LogP contribution in [0.25, 0.3) is 11.0 Å². The molecule has 0 bridgehead atoms. The molecule has 0 radical (unpaired) electrons. The summed E-state index contributed by atoms with van der Waals surface area (Å²) in [4.78, 5) is 0. The lowest BCUT2D eigenvalue weighted by Crippen LogP contribution is -2.07. The number of benzene rings is 1. The molecule has 2 N–H and O–H groups in total. The Bertz CT molecular complexity index is 459. The minimum atomic E-state index is 0.328. The van der Waals surface area contributed by atoms with Crippen LogP contribution in [0, 0.1) is 0 Å². The minimum Gasteiger partial charge on any atom is -0.330 e. The van der Waals surface area contributed by atoms with Crippen molar-refractivity contribution >= 4 is 11.0 Å². The van der Waals surface area contributed by atoms with Crippen LogP contribution in [0.5, 0.6) is 0 Å². The number of nitrogens with two attached hydrogens (primary N) is 1. The number of para-hydroxylation sites is 1. The molecule has 4 heteroatoms. The van der Waals surface area contributed by atoms with Gasteiger partial charge in [0.2, 0.25) is 0 Å². The van der Waals surface area contributed by atoms with Gasteiger partial charge >= 0.3 is 0 Å². The number of fused-ring (bicyclic) bond motifs is 1. The zero-order chi connectivity index (χ0) is 10.8. The minimum absolute atomic E-state index is 0.328. The van der Waals surface area contributed by atoms with Gasteiger partial charge in [-0.2, -0.15) is 0 Å². The van der Waals surface area contributed by atoms with Gasteiger partial charge in [0.25, 0.3) is 0 Å². The zero-order valence-electron chi connectivity index (χ0n) is 9.14. The highest BCUT2D eigenvalue weighted by Crippen LogP contribution is 2.19. The summed E-state index contributed by atoms with van der Waals surface area (Å²) in [5.41, 5.74) is 8.90. The molecule has 1 aromatic heterocycles. The van der Waals surface area contributed by atoms with Crippen molar-refractivity contribution in [2.75, 3.05) is 6.54 Å². The summed E-state index contributed by atoms with van der Waals surface area (Å²) in [7, 11) is 0. The molecular formula is C11H16N4. The Labute approximate surface area is 89.1 Å². The largest absolute Gasteiger partial charge is 0.330 e. The summed E-state index contributed by atoms with van der Waals surface area (Å²) in [5.74, 6) is 0. The molecule has 2 rings (SSSR count). The van der Waals surface area contributed by atoms with E-state index in [0.717, 1.165) is 17.5 Å². The van der Waals surface area contributed by atoms with Crippen LogP contribution < -0.4 is 5.73 Å². The van der Waals surface area contributed by atoms with E-state index in [-0.39, 0.29) is 0 Å². The molecule has 0 aliphatic carbocycles. The molecule has 0 spiro atoms. The maximum absolute atomic E-state index is 5.60. The van der Waals surface area contributed by atoms with Gasteiger partial charge in [-0.1, -0.05) is 17.3 Å². The maximum Gasteiger partial charge on any atom is 0.113 e. The van der Waals surface area contributed by atoms with Gasteiger partial charge in [0.05, 0.1) is 5.52 Å². The van der Waals surface area contributed by atoms with Crippen LogP contribution in [0.3, 0.4) is 0 Å². The van der Waals surface area contributed by atoms with E-state index in [2.05, 4.69) is 30.2 Å². The quantitative estimate of drug-likeness (QED) is 0.824. The molecule has 80 valence electrons. The van der Waals surface area contributed by atoms with Gasteiger partial charge in [0.15, 0.2) is 0 Å². The zero-order valence-corrected chi connectivity index (χ0v) is 9.14. The number of rotatable bonds is 3. The Morgan fingerprint density at radius 1 is 1.40 bits per heavy atom. The third kappa shape index (κ3) is 1.72. The van der Waals surface area contributed by atoms with E-state index in [1.807, 2.05) is 16.8 Å². The topological polar surface area (TPSA) is 56.7 Å². The fourth-order valence-electron chi connectivity index (χ4n) is 1.78. The van der Waals surface area contributed by atoms with E-state index >= 15 is 0 Å². The second kappa shape index (κ2) is 3.98. The summed E-state index contributed by atoms with van der Waals surface area (Å²) in [5, 5.41) is 8.32. The SMILES string of the molecule is CC(C)n1nnc2cccc(CCN)c21. The van der Waals surface area contributed by atoms with Gasteiger partial charge in [-0.15, -0.1) is 5.10 Å². The summed E-state index contributed by atoms with van der Waals surface area (Å²) in [6, 6.07) is 6.42. The van der Waals surface area contributed by atoms with Crippen LogP contribution in [0.1, 0.15) is 25.5 Å². The molecule has 0 amide bonds. The average molecular weight is 204 g/mol. The van der Waals surface area contributed by atoms with E-state index in [9.17, 15) is 0 Å². The molecule has 1 aromatic carbocycles. The van der Waals surface area contributed by atoms with E-state index in [1.54, 1.807) is 0 Å². The van der Waals surface area contributed by atoms with Crippen LogP contribution in [0.2, 0.25) is 0 Å². The summed E-state index contributed by atoms with van der Waals surface area (Å²) >= 11 is 0. The molecule has 0 aliphatic heterocycles. The van der Waals surface area contributed by atoms with Crippen molar-refractivity contribution in [3.63, 3.8) is 0 Å². The first-order valence-electron chi connectivity index (χ1n) is 5.27. The molecule has 2 aromatic rings. The Morgan fingerprint density at radius 2 is 2.20 bits per heavy atom. The molecule has 1 heterocycles. The van der Waals surface area contributed by atoms with Crippen LogP contribution in [0.15, 0.2) is 18.2 Å². The van der Waals surface area contributed by atoms with Gasteiger partial charge in [-0.25, -0.2) is 4.68 Å². The first kappa shape index (κ1) is 10.1. The first-order chi connectivity index (χ1) is 7.24. The third-order valence-electron chi connectivity index (χ3n) is 2.48. The predicted octanol–water partition coefficient (Wildman–Crippen LogP) is 1.51. The summed E-state index contributed by atoms with van der Waals surface area (Å²) < 4.78 is 1.96. The lowest BCUT2D eigenvalue weighted by molar-refractivity contribution is 0.529. The molecule has 15 heavy (non-hydrogen) atoms. The summed E-state index contributed by atoms with van der Waals surface area (Å²) in [6.07, 6.45) is 0.872. The lowest BCUT2D eigenvalue weighted by atomic mass is 10.1. The number of hydrogen-bond donors (Lipinski definition) is 1. The molecule has 0 saturated carbocycles. The normalized spacial score (nSPS) is 11.5. The van der Waals surface area contributed by atoms with Crippen LogP contribution in [-0.2, 0) is 6.42 Å². The molecular weight excluding hydrogens is 188 g/mol. The molecule has 0 unspecified atom stereocenters. The Morgan fingerprint density at radius 3 is 2.87 bits per heavy atom. The van der Waals surface area contributed by atoms with Crippen LogP contribution in [0.4, 0.5) is 0 Å². The maximum atomic E-state index is 5.60. The lowest BCUT2D eigenvalue weighted by Gasteiger charge is -2.08. The molecule has 0 saturated heterocycles. The Balaban J connectivity index is 2.63. The van der Waals surface area contributed by atoms with Crippen molar-refractivity contribution in [3.05, 3.63) is 23.8 Å². The Kier molecular flexibility index (Phi) is 2.68. The van der Waals surface area contributed by atoms with E-state index in [0.29, 0.717) is 12.6 Å². The molecule has 0 atom stereocenters. The highest BCUT2D eigenvalue weighted by molar-refractivity contribution is 5.78.